The standard InChI is InChI=1S/C18H23N5O2/c1-25-16-7-5-14(6-8-16)17(24)21-12-13-23-18(19)22-11-9-15-4-2-3-10-20-15/h2-8,10H,9,11-13H2,1H3,(H,21,24)(H3,19,22,23). The Kier molecular flexibility index (Phi) is 7.24. The minimum Gasteiger partial charge on any atom is -0.497 e. The van der Waals surface area contributed by atoms with Crippen molar-refractivity contribution in [2.75, 3.05) is 26.7 Å². The molecule has 132 valence electrons. The highest BCUT2D eigenvalue weighted by Crippen LogP contribution is 2.10. The first-order valence-corrected chi connectivity index (χ1v) is 8.05. The molecule has 1 aromatic carbocycles. The fourth-order valence-corrected chi connectivity index (χ4v) is 2.10. The molecule has 0 fully saturated rings. The third-order valence-electron chi connectivity index (χ3n) is 3.45. The lowest BCUT2D eigenvalue weighted by molar-refractivity contribution is 0.0954. The Balaban J connectivity index is 1.64. The second kappa shape index (κ2) is 9.92. The lowest BCUT2D eigenvalue weighted by atomic mass is 10.2. The zero-order valence-corrected chi connectivity index (χ0v) is 14.2. The maximum absolute atomic E-state index is 12.0. The summed E-state index contributed by atoms with van der Waals surface area (Å²) in [4.78, 5) is 20.4. The van der Waals surface area contributed by atoms with E-state index < -0.39 is 0 Å². The third kappa shape index (κ3) is 6.50. The van der Waals surface area contributed by atoms with E-state index in [0.29, 0.717) is 36.9 Å². The van der Waals surface area contributed by atoms with Gasteiger partial charge in [0.15, 0.2) is 5.96 Å². The first-order valence-electron chi connectivity index (χ1n) is 8.05. The van der Waals surface area contributed by atoms with Gasteiger partial charge in [-0.25, -0.2) is 0 Å². The molecule has 0 spiro atoms. The number of pyridine rings is 1. The first-order chi connectivity index (χ1) is 12.2. The molecule has 0 unspecified atom stereocenters. The molecule has 25 heavy (non-hydrogen) atoms. The van der Waals surface area contributed by atoms with Gasteiger partial charge in [-0.05, 0) is 36.4 Å². The van der Waals surface area contributed by atoms with Crippen molar-refractivity contribution >= 4 is 11.9 Å². The summed E-state index contributed by atoms with van der Waals surface area (Å²) in [6.45, 7) is 1.51. The molecule has 2 aromatic rings. The number of guanidine groups is 1. The number of rotatable bonds is 8. The van der Waals surface area contributed by atoms with Gasteiger partial charge in [-0.1, -0.05) is 6.07 Å². The van der Waals surface area contributed by atoms with Crippen molar-refractivity contribution in [3.63, 3.8) is 0 Å². The number of nitrogens with two attached hydrogens (primary N) is 1. The maximum Gasteiger partial charge on any atom is 0.251 e. The Morgan fingerprint density at radius 2 is 1.92 bits per heavy atom. The summed E-state index contributed by atoms with van der Waals surface area (Å²) in [6.07, 6.45) is 2.49. The van der Waals surface area contributed by atoms with Gasteiger partial charge in [0, 0.05) is 43.5 Å². The van der Waals surface area contributed by atoms with E-state index in [1.165, 1.54) is 0 Å². The van der Waals surface area contributed by atoms with Crippen LogP contribution in [0.25, 0.3) is 0 Å². The number of hydrogen-bond acceptors (Lipinski definition) is 4. The summed E-state index contributed by atoms with van der Waals surface area (Å²) in [5.74, 6) is 0.928. The second-order valence-corrected chi connectivity index (χ2v) is 5.25. The van der Waals surface area contributed by atoms with E-state index in [1.54, 1.807) is 37.6 Å². The summed E-state index contributed by atoms with van der Waals surface area (Å²) in [5.41, 5.74) is 7.35. The molecule has 7 heteroatoms. The number of carbonyl (C=O) groups excluding carboxylic acids is 1. The van der Waals surface area contributed by atoms with Crippen LogP contribution in [0.1, 0.15) is 16.1 Å². The maximum atomic E-state index is 12.0. The van der Waals surface area contributed by atoms with E-state index >= 15 is 0 Å². The molecule has 4 N–H and O–H groups in total. The minimum atomic E-state index is -0.143. The van der Waals surface area contributed by atoms with Crippen LogP contribution in [-0.4, -0.2) is 43.6 Å². The molecular formula is C18H23N5O2. The van der Waals surface area contributed by atoms with Gasteiger partial charge >= 0.3 is 0 Å². The van der Waals surface area contributed by atoms with E-state index in [9.17, 15) is 4.79 Å². The molecular weight excluding hydrogens is 318 g/mol. The van der Waals surface area contributed by atoms with Gasteiger partial charge in [0.05, 0.1) is 7.11 Å². The molecule has 0 aliphatic rings. The smallest absolute Gasteiger partial charge is 0.251 e. The van der Waals surface area contributed by atoms with Crippen molar-refractivity contribution in [3.05, 3.63) is 59.9 Å². The van der Waals surface area contributed by atoms with E-state index in [4.69, 9.17) is 10.5 Å². The molecule has 0 atom stereocenters. The number of methoxy groups -OCH3 is 1. The van der Waals surface area contributed by atoms with Gasteiger partial charge in [-0.15, -0.1) is 0 Å². The summed E-state index contributed by atoms with van der Waals surface area (Å²) in [7, 11) is 1.59. The van der Waals surface area contributed by atoms with Gasteiger partial charge in [0.25, 0.3) is 5.91 Å². The monoisotopic (exact) mass is 341 g/mol. The topological polar surface area (TPSA) is 102 Å². The van der Waals surface area contributed by atoms with Crippen LogP contribution in [0.3, 0.4) is 0 Å². The number of nitrogens with zero attached hydrogens (tertiary/aromatic N) is 2. The van der Waals surface area contributed by atoms with Crippen molar-refractivity contribution in [1.29, 1.82) is 0 Å². The van der Waals surface area contributed by atoms with Crippen LogP contribution in [-0.2, 0) is 6.42 Å². The van der Waals surface area contributed by atoms with Gasteiger partial charge < -0.3 is 21.1 Å². The Labute approximate surface area is 147 Å². The van der Waals surface area contributed by atoms with Crippen molar-refractivity contribution in [2.45, 2.75) is 6.42 Å². The second-order valence-electron chi connectivity index (χ2n) is 5.25. The number of ether oxygens (including phenoxy) is 1. The Bertz CT molecular complexity index is 686. The third-order valence-corrected chi connectivity index (χ3v) is 3.45. The number of aromatic nitrogens is 1. The predicted octanol–water partition coefficient (Wildman–Crippen LogP) is 0.967. The molecule has 1 aromatic heterocycles. The van der Waals surface area contributed by atoms with E-state index in [-0.39, 0.29) is 5.91 Å². The van der Waals surface area contributed by atoms with Crippen LogP contribution < -0.4 is 21.1 Å². The zero-order chi connectivity index (χ0) is 17.9. The van der Waals surface area contributed by atoms with Crippen LogP contribution in [0.2, 0.25) is 0 Å². The van der Waals surface area contributed by atoms with Crippen LogP contribution in [0.5, 0.6) is 5.75 Å². The van der Waals surface area contributed by atoms with Crippen molar-refractivity contribution in [2.24, 2.45) is 10.7 Å². The highest BCUT2D eigenvalue weighted by molar-refractivity contribution is 5.94. The number of carbonyl (C=O) groups is 1. The lowest BCUT2D eigenvalue weighted by Gasteiger charge is -2.08. The zero-order valence-electron chi connectivity index (χ0n) is 14.2. The summed E-state index contributed by atoms with van der Waals surface area (Å²) in [6, 6.07) is 12.7. The molecule has 0 saturated heterocycles. The van der Waals surface area contributed by atoms with Gasteiger partial charge in [-0.2, -0.15) is 0 Å². The molecule has 0 aliphatic carbocycles. The molecule has 0 aliphatic heterocycles. The van der Waals surface area contributed by atoms with Crippen molar-refractivity contribution in [3.8, 4) is 5.75 Å². The molecule has 2 rings (SSSR count). The molecule has 1 heterocycles. The van der Waals surface area contributed by atoms with E-state index in [2.05, 4.69) is 20.6 Å². The number of benzene rings is 1. The Hall–Kier alpha value is -3.09. The summed E-state index contributed by atoms with van der Waals surface area (Å²) < 4.78 is 5.06. The number of amides is 1. The molecule has 1 amide bonds. The number of nitrogens with one attached hydrogen (secondary N) is 2. The summed E-state index contributed by atoms with van der Waals surface area (Å²) >= 11 is 0. The SMILES string of the molecule is COc1ccc(C(=O)NCCNC(N)=NCCc2ccccn2)cc1. The molecule has 0 saturated carbocycles. The van der Waals surface area contributed by atoms with Gasteiger partial charge in [0.2, 0.25) is 0 Å². The average Bonchev–Trinajstić information content (AvgIpc) is 2.66. The fraction of sp³-hybridized carbons (Fsp3) is 0.278. The fourth-order valence-electron chi connectivity index (χ4n) is 2.10. The molecule has 7 nitrogen and oxygen atoms in total. The molecule has 0 radical (unpaired) electrons. The van der Waals surface area contributed by atoms with Crippen LogP contribution >= 0.6 is 0 Å². The normalized spacial score (nSPS) is 11.0. The minimum absolute atomic E-state index is 0.143. The average molecular weight is 341 g/mol. The Morgan fingerprint density at radius 3 is 2.60 bits per heavy atom. The van der Waals surface area contributed by atoms with Crippen molar-refractivity contribution in [1.82, 2.24) is 15.6 Å². The summed E-state index contributed by atoms with van der Waals surface area (Å²) in [5, 5.41) is 5.78. The number of hydrogen-bond donors (Lipinski definition) is 3. The highest BCUT2D eigenvalue weighted by Gasteiger charge is 2.04. The lowest BCUT2D eigenvalue weighted by Crippen LogP contribution is -2.38. The van der Waals surface area contributed by atoms with E-state index in [0.717, 1.165) is 12.1 Å². The van der Waals surface area contributed by atoms with Crippen LogP contribution in [0.4, 0.5) is 0 Å². The van der Waals surface area contributed by atoms with Crippen molar-refractivity contribution < 1.29 is 9.53 Å². The quantitative estimate of drug-likeness (QED) is 0.377. The molecule has 0 bridgehead atoms. The van der Waals surface area contributed by atoms with Gasteiger partial charge in [-0.3, -0.25) is 14.8 Å². The van der Waals surface area contributed by atoms with E-state index in [1.807, 2.05) is 18.2 Å². The first kappa shape index (κ1) is 18.3. The predicted molar refractivity (Wildman–Crippen MR) is 97.8 cm³/mol. The highest BCUT2D eigenvalue weighted by atomic mass is 16.5. The largest absolute Gasteiger partial charge is 0.497 e. The van der Waals surface area contributed by atoms with Crippen LogP contribution in [0, 0.1) is 0 Å². The Morgan fingerprint density at radius 1 is 1.16 bits per heavy atom. The number of aliphatic imine (C=N–C) groups is 1. The van der Waals surface area contributed by atoms with Gasteiger partial charge in [0.1, 0.15) is 5.75 Å². The van der Waals surface area contributed by atoms with Crippen LogP contribution in [0.15, 0.2) is 53.7 Å².